The largest absolute Gasteiger partial charge is 0.461 e. The van der Waals surface area contributed by atoms with Crippen LogP contribution in [0.5, 0.6) is 0 Å². The fraction of sp³-hybridized carbons (Fsp3) is 0.412. The highest BCUT2D eigenvalue weighted by molar-refractivity contribution is 8.14. The number of nitrogens with one attached hydrogen (secondary N) is 3. The first-order valence-electron chi connectivity index (χ1n) is 15.2. The molecule has 0 aliphatic carbocycles. The lowest BCUT2D eigenvalue weighted by Gasteiger charge is -2.20. The van der Waals surface area contributed by atoms with Crippen molar-refractivity contribution in [3.8, 4) is 0 Å². The molecule has 8 nitrogen and oxygen atoms in total. The van der Waals surface area contributed by atoms with Crippen molar-refractivity contribution in [1.29, 1.82) is 0 Å². The Labute approximate surface area is 273 Å². The standard InChI is InChI=1S/C34H41FN4O4S2/c1-22(2)43-33(41)31(14-16-44-3)39-32(40)30-18-27(13-10-24(30)9-6-23-7-11-26(35)12-8-23)37-20-28-17-29(21-38-28)45-34(42)25-5-4-15-36-19-25/h4-5,7-8,10-13,15,18-19,22,28-29,31,37-38H,6,9,14,16-17,20-21H2,1-3H3,(H,39,40)/t28-,29-,31?/m0/s1. The summed E-state index contributed by atoms with van der Waals surface area (Å²) in [6.45, 7) is 4.91. The normalized spacial score (nSPS) is 16.7. The molecule has 2 heterocycles. The Hall–Kier alpha value is -3.41. The van der Waals surface area contributed by atoms with E-state index in [1.807, 2.05) is 24.5 Å². The molecule has 1 saturated heterocycles. The molecule has 0 spiro atoms. The molecule has 3 aromatic rings. The van der Waals surface area contributed by atoms with Crippen LogP contribution in [-0.2, 0) is 22.4 Å². The van der Waals surface area contributed by atoms with Crippen LogP contribution in [0.4, 0.5) is 10.1 Å². The number of benzene rings is 2. The number of hydrogen-bond acceptors (Lipinski definition) is 9. The number of amides is 1. The summed E-state index contributed by atoms with van der Waals surface area (Å²) in [5.41, 5.74) is 3.64. The molecule has 240 valence electrons. The van der Waals surface area contributed by atoms with Gasteiger partial charge in [0.1, 0.15) is 11.9 Å². The molecule has 2 aromatic carbocycles. The molecule has 1 fully saturated rings. The SMILES string of the molecule is CSCCC(NC(=O)c1cc(NC[C@@H]2C[C@H](SC(=O)c3cccnc3)CN2)ccc1CCc1ccc(F)cc1)C(=O)OC(C)C. The number of ether oxygens (including phenoxy) is 1. The number of aromatic nitrogens is 1. The number of thioether (sulfide) groups is 2. The number of carbonyl (C=O) groups is 3. The predicted octanol–water partition coefficient (Wildman–Crippen LogP) is 5.53. The number of halogens is 1. The molecule has 0 saturated carbocycles. The van der Waals surface area contributed by atoms with E-state index in [-0.39, 0.29) is 34.2 Å². The zero-order chi connectivity index (χ0) is 32.2. The molecule has 3 N–H and O–H groups in total. The summed E-state index contributed by atoms with van der Waals surface area (Å²) >= 11 is 2.93. The van der Waals surface area contributed by atoms with Crippen molar-refractivity contribution in [3.63, 3.8) is 0 Å². The Bertz CT molecular complexity index is 1430. The topological polar surface area (TPSA) is 109 Å². The third-order valence-corrected chi connectivity index (χ3v) is 9.19. The van der Waals surface area contributed by atoms with E-state index in [1.54, 1.807) is 62.3 Å². The Balaban J connectivity index is 1.44. The second-order valence-electron chi connectivity index (χ2n) is 11.3. The summed E-state index contributed by atoms with van der Waals surface area (Å²) in [7, 11) is 0. The monoisotopic (exact) mass is 652 g/mol. The van der Waals surface area contributed by atoms with E-state index in [2.05, 4.69) is 20.9 Å². The van der Waals surface area contributed by atoms with E-state index in [0.717, 1.165) is 29.8 Å². The van der Waals surface area contributed by atoms with Gasteiger partial charge >= 0.3 is 5.97 Å². The molecule has 11 heteroatoms. The Morgan fingerprint density at radius 2 is 1.91 bits per heavy atom. The van der Waals surface area contributed by atoms with Crippen LogP contribution in [0.25, 0.3) is 0 Å². The highest BCUT2D eigenvalue weighted by Gasteiger charge is 2.28. The predicted molar refractivity (Wildman–Crippen MR) is 181 cm³/mol. The summed E-state index contributed by atoms with van der Waals surface area (Å²) < 4.78 is 18.9. The molecule has 4 rings (SSSR count). The minimum absolute atomic E-state index is 0.0171. The van der Waals surface area contributed by atoms with Crippen LogP contribution in [0, 0.1) is 5.82 Å². The van der Waals surface area contributed by atoms with Gasteiger partial charge in [0, 0.05) is 53.6 Å². The van der Waals surface area contributed by atoms with Gasteiger partial charge in [0.05, 0.1) is 6.10 Å². The number of aryl methyl sites for hydroxylation is 2. The van der Waals surface area contributed by atoms with Crippen molar-refractivity contribution < 1.29 is 23.5 Å². The number of rotatable bonds is 15. The van der Waals surface area contributed by atoms with Gasteiger partial charge in [-0.1, -0.05) is 30.0 Å². The number of nitrogens with zero attached hydrogens (tertiary/aromatic N) is 1. The zero-order valence-electron chi connectivity index (χ0n) is 25.9. The minimum Gasteiger partial charge on any atom is -0.461 e. The van der Waals surface area contributed by atoms with Crippen LogP contribution in [0.2, 0.25) is 0 Å². The van der Waals surface area contributed by atoms with Gasteiger partial charge in [-0.25, -0.2) is 9.18 Å². The smallest absolute Gasteiger partial charge is 0.328 e. The lowest BCUT2D eigenvalue weighted by Crippen LogP contribution is -2.43. The number of carbonyl (C=O) groups excluding carboxylic acids is 3. The summed E-state index contributed by atoms with van der Waals surface area (Å²) in [6.07, 6.45) is 7.37. The first-order valence-corrected chi connectivity index (χ1v) is 17.4. The van der Waals surface area contributed by atoms with Gasteiger partial charge in [0.2, 0.25) is 5.12 Å². The molecule has 1 amide bonds. The van der Waals surface area contributed by atoms with Crippen molar-refractivity contribution >= 4 is 46.2 Å². The molecule has 0 radical (unpaired) electrons. The van der Waals surface area contributed by atoms with Crippen LogP contribution >= 0.6 is 23.5 Å². The average molecular weight is 653 g/mol. The number of hydrogen-bond donors (Lipinski definition) is 3. The number of esters is 1. The van der Waals surface area contributed by atoms with Gasteiger partial charge < -0.3 is 20.7 Å². The van der Waals surface area contributed by atoms with Crippen molar-refractivity contribution in [1.82, 2.24) is 15.6 Å². The highest BCUT2D eigenvalue weighted by Crippen LogP contribution is 2.26. The fourth-order valence-corrected chi connectivity index (χ4v) is 6.59. The molecule has 1 unspecified atom stereocenters. The quantitative estimate of drug-likeness (QED) is 0.183. The van der Waals surface area contributed by atoms with E-state index < -0.39 is 12.0 Å². The average Bonchev–Trinajstić information content (AvgIpc) is 3.49. The van der Waals surface area contributed by atoms with Crippen LogP contribution in [0.15, 0.2) is 67.0 Å². The molecule has 3 atom stereocenters. The van der Waals surface area contributed by atoms with E-state index in [1.165, 1.54) is 23.9 Å². The molecular formula is C34H41FN4O4S2. The molecule has 0 bridgehead atoms. The fourth-order valence-electron chi connectivity index (χ4n) is 5.05. The molecular weight excluding hydrogens is 612 g/mol. The van der Waals surface area contributed by atoms with Crippen LogP contribution in [0.1, 0.15) is 58.5 Å². The maximum Gasteiger partial charge on any atom is 0.328 e. The second-order valence-corrected chi connectivity index (χ2v) is 13.5. The first kappa shape index (κ1) is 34.5. The summed E-state index contributed by atoms with van der Waals surface area (Å²) in [5.74, 6) is -0.389. The van der Waals surface area contributed by atoms with Gasteiger partial charge in [-0.3, -0.25) is 14.6 Å². The van der Waals surface area contributed by atoms with Gasteiger partial charge in [0.25, 0.3) is 5.91 Å². The van der Waals surface area contributed by atoms with Gasteiger partial charge in [-0.15, -0.1) is 0 Å². The minimum atomic E-state index is -0.764. The van der Waals surface area contributed by atoms with Crippen molar-refractivity contribution in [2.45, 2.75) is 63.0 Å². The van der Waals surface area contributed by atoms with Gasteiger partial charge in [0.15, 0.2) is 0 Å². The van der Waals surface area contributed by atoms with Gasteiger partial charge in [-0.05, 0) is 99.1 Å². The Morgan fingerprint density at radius 3 is 2.62 bits per heavy atom. The maximum atomic E-state index is 13.7. The zero-order valence-corrected chi connectivity index (χ0v) is 27.5. The third-order valence-electron chi connectivity index (χ3n) is 7.41. The molecule has 1 aliphatic heterocycles. The third kappa shape index (κ3) is 10.9. The first-order chi connectivity index (χ1) is 21.7. The van der Waals surface area contributed by atoms with Gasteiger partial charge in [-0.2, -0.15) is 11.8 Å². The summed E-state index contributed by atoms with van der Waals surface area (Å²) in [6, 6.07) is 15.0. The summed E-state index contributed by atoms with van der Waals surface area (Å²) in [5, 5.41) is 10.0. The molecule has 1 aromatic heterocycles. The van der Waals surface area contributed by atoms with E-state index in [0.29, 0.717) is 42.7 Å². The van der Waals surface area contributed by atoms with Crippen LogP contribution in [-0.4, -0.2) is 70.5 Å². The van der Waals surface area contributed by atoms with E-state index in [4.69, 9.17) is 4.74 Å². The van der Waals surface area contributed by atoms with Crippen molar-refractivity contribution in [3.05, 3.63) is 95.1 Å². The summed E-state index contributed by atoms with van der Waals surface area (Å²) in [4.78, 5) is 43.2. The highest BCUT2D eigenvalue weighted by atomic mass is 32.2. The molecule has 45 heavy (non-hydrogen) atoms. The van der Waals surface area contributed by atoms with Crippen LogP contribution < -0.4 is 16.0 Å². The number of pyridine rings is 1. The van der Waals surface area contributed by atoms with Crippen molar-refractivity contribution in [2.75, 3.05) is 30.4 Å². The number of anilines is 1. The molecule has 1 aliphatic rings. The van der Waals surface area contributed by atoms with Crippen molar-refractivity contribution in [2.24, 2.45) is 0 Å². The van der Waals surface area contributed by atoms with Crippen LogP contribution in [0.3, 0.4) is 0 Å². The Morgan fingerprint density at radius 1 is 1.11 bits per heavy atom. The lowest BCUT2D eigenvalue weighted by atomic mass is 9.98. The Kier molecular flexibility index (Phi) is 13.3. The van der Waals surface area contributed by atoms with E-state index >= 15 is 0 Å². The maximum absolute atomic E-state index is 13.7. The lowest BCUT2D eigenvalue weighted by molar-refractivity contribution is -0.149. The second kappa shape index (κ2) is 17.3. The van der Waals surface area contributed by atoms with E-state index in [9.17, 15) is 18.8 Å².